The average Bonchev–Trinajstić information content (AvgIpc) is 2.67. The van der Waals surface area contributed by atoms with Crippen LogP contribution in [0.15, 0.2) is 36.4 Å². The molecule has 0 unspecified atom stereocenters. The van der Waals surface area contributed by atoms with Crippen LogP contribution in [0.1, 0.15) is 28.1 Å². The second-order valence-corrected chi connectivity index (χ2v) is 7.24. The van der Waals surface area contributed by atoms with Crippen molar-refractivity contribution in [3.63, 3.8) is 0 Å². The minimum Gasteiger partial charge on any atom is -0.478 e. The maximum Gasteiger partial charge on any atom is 0.338 e. The summed E-state index contributed by atoms with van der Waals surface area (Å²) in [5.41, 5.74) is -0.0982. The first-order valence-electron chi connectivity index (χ1n) is 7.62. The maximum absolute atomic E-state index is 13.6. The standard InChI is InChI=1S/C12H6Cl2FNO2.C6H2Cl3NO2.CH4/c13-8-5-7(12(17)18)11(14)16-10(8)6-3-1-2-4-9(6)15;7-3-1-2(6(11)12)4(8)10-5(3)9;/h1-5H,(H,17,18);1H,(H,11,12);1H4. The molecule has 3 rings (SSSR count). The molecule has 0 saturated heterocycles. The van der Waals surface area contributed by atoms with E-state index in [4.69, 9.17) is 68.2 Å². The number of benzene rings is 1. The van der Waals surface area contributed by atoms with Crippen LogP contribution in [-0.2, 0) is 0 Å². The van der Waals surface area contributed by atoms with Crippen LogP contribution in [0, 0.1) is 5.82 Å². The summed E-state index contributed by atoms with van der Waals surface area (Å²) >= 11 is 28.1. The maximum atomic E-state index is 13.6. The Balaban J connectivity index is 0.000000324. The van der Waals surface area contributed by atoms with Gasteiger partial charge in [-0.3, -0.25) is 0 Å². The molecule has 12 heteroatoms. The van der Waals surface area contributed by atoms with Gasteiger partial charge in [0.15, 0.2) is 0 Å². The number of carboxylic acids is 2. The third kappa shape index (κ3) is 6.66. The van der Waals surface area contributed by atoms with Crippen molar-refractivity contribution in [1.29, 1.82) is 0 Å². The quantitative estimate of drug-likeness (QED) is 0.347. The topological polar surface area (TPSA) is 100 Å². The third-order valence-electron chi connectivity index (χ3n) is 3.41. The van der Waals surface area contributed by atoms with Gasteiger partial charge >= 0.3 is 11.9 Å². The zero-order valence-electron chi connectivity index (χ0n) is 14.3. The number of carboxylic acid groups (broad SMARTS) is 2. The summed E-state index contributed by atoms with van der Waals surface area (Å²) < 4.78 is 13.6. The van der Waals surface area contributed by atoms with E-state index in [0.717, 1.165) is 12.1 Å². The molecule has 2 aromatic heterocycles. The van der Waals surface area contributed by atoms with Gasteiger partial charge in [0, 0.05) is 5.56 Å². The number of halogens is 6. The Bertz CT molecular complexity index is 1140. The fourth-order valence-corrected chi connectivity index (χ4v) is 3.08. The predicted octanol–water partition coefficient (Wildman–Crippen LogP) is 7.27. The predicted molar refractivity (Wildman–Crippen MR) is 120 cm³/mol. The normalized spacial score (nSPS) is 9.87. The smallest absolute Gasteiger partial charge is 0.338 e. The zero-order chi connectivity index (χ0) is 22.6. The first-order valence-corrected chi connectivity index (χ1v) is 9.51. The number of nitrogens with zero attached hydrogens (tertiary/aromatic N) is 2. The van der Waals surface area contributed by atoms with E-state index in [1.807, 2.05) is 0 Å². The van der Waals surface area contributed by atoms with Crippen molar-refractivity contribution in [3.05, 3.63) is 78.8 Å². The lowest BCUT2D eigenvalue weighted by atomic mass is 10.1. The summed E-state index contributed by atoms with van der Waals surface area (Å²) in [6.45, 7) is 0. The first kappa shape index (κ1) is 26.9. The Morgan fingerprint density at radius 3 is 1.77 bits per heavy atom. The molecular formula is C19H12Cl5FN2O4. The van der Waals surface area contributed by atoms with Gasteiger partial charge in [0.25, 0.3) is 0 Å². The largest absolute Gasteiger partial charge is 0.478 e. The fraction of sp³-hybridized carbons (Fsp3) is 0.0526. The molecule has 164 valence electrons. The fourth-order valence-electron chi connectivity index (χ4n) is 2.05. The van der Waals surface area contributed by atoms with Crippen LogP contribution >= 0.6 is 58.0 Å². The number of hydrogen-bond acceptors (Lipinski definition) is 4. The van der Waals surface area contributed by atoms with Crippen molar-refractivity contribution < 1.29 is 24.2 Å². The van der Waals surface area contributed by atoms with Gasteiger partial charge in [-0.2, -0.15) is 0 Å². The number of carbonyl (C=O) groups is 2. The molecule has 6 nitrogen and oxygen atoms in total. The highest BCUT2D eigenvalue weighted by atomic mass is 35.5. The second-order valence-electron chi connectivity index (χ2n) is 5.35. The van der Waals surface area contributed by atoms with Crippen LogP contribution < -0.4 is 0 Å². The summed E-state index contributed by atoms with van der Waals surface area (Å²) in [5.74, 6) is -2.94. The summed E-state index contributed by atoms with van der Waals surface area (Å²) in [6, 6.07) is 8.20. The molecule has 0 radical (unpaired) electrons. The molecule has 0 spiro atoms. The molecule has 0 amide bonds. The van der Waals surface area contributed by atoms with Gasteiger partial charge in [-0.25, -0.2) is 23.9 Å². The summed E-state index contributed by atoms with van der Waals surface area (Å²) in [5, 5.41) is 17.1. The van der Waals surface area contributed by atoms with Crippen LogP contribution in [0.25, 0.3) is 11.3 Å². The molecule has 0 atom stereocenters. The number of hydrogen-bond donors (Lipinski definition) is 2. The van der Waals surface area contributed by atoms with E-state index >= 15 is 0 Å². The molecule has 1 aromatic carbocycles. The highest BCUT2D eigenvalue weighted by Gasteiger charge is 2.17. The van der Waals surface area contributed by atoms with Crippen LogP contribution in [0.4, 0.5) is 4.39 Å². The van der Waals surface area contributed by atoms with Crippen LogP contribution in [0.5, 0.6) is 0 Å². The molecule has 0 saturated carbocycles. The molecule has 0 fully saturated rings. The second kappa shape index (κ2) is 11.5. The van der Waals surface area contributed by atoms with Gasteiger partial charge in [0.2, 0.25) is 0 Å². The number of aromatic carboxylic acids is 2. The zero-order valence-corrected chi connectivity index (χ0v) is 18.1. The number of rotatable bonds is 3. The Hall–Kier alpha value is -2.16. The van der Waals surface area contributed by atoms with Gasteiger partial charge in [0.1, 0.15) is 21.3 Å². The highest BCUT2D eigenvalue weighted by Crippen LogP contribution is 2.31. The van der Waals surface area contributed by atoms with Gasteiger partial charge < -0.3 is 10.2 Å². The van der Waals surface area contributed by atoms with E-state index < -0.39 is 17.8 Å². The lowest BCUT2D eigenvalue weighted by Gasteiger charge is -2.07. The lowest BCUT2D eigenvalue weighted by Crippen LogP contribution is -2.01. The SMILES string of the molecule is C.O=C(O)c1cc(Cl)c(-c2ccccc2F)nc1Cl.O=C(O)c1cc(Cl)c(Cl)nc1Cl. The molecule has 0 bridgehead atoms. The molecule has 0 aliphatic heterocycles. The van der Waals surface area contributed by atoms with E-state index in [1.54, 1.807) is 6.07 Å². The van der Waals surface area contributed by atoms with Crippen LogP contribution in [0.3, 0.4) is 0 Å². The van der Waals surface area contributed by atoms with E-state index in [9.17, 15) is 14.0 Å². The Kier molecular flexibility index (Phi) is 9.93. The Labute approximate surface area is 201 Å². The van der Waals surface area contributed by atoms with Crippen molar-refractivity contribution in [2.45, 2.75) is 7.43 Å². The van der Waals surface area contributed by atoms with Gasteiger partial charge in [-0.1, -0.05) is 77.6 Å². The molecule has 31 heavy (non-hydrogen) atoms. The van der Waals surface area contributed by atoms with Crippen molar-refractivity contribution in [2.24, 2.45) is 0 Å². The average molecular weight is 529 g/mol. The van der Waals surface area contributed by atoms with Crippen LogP contribution in [0.2, 0.25) is 25.5 Å². The van der Waals surface area contributed by atoms with Crippen molar-refractivity contribution in [2.75, 3.05) is 0 Å². The van der Waals surface area contributed by atoms with E-state index in [1.165, 1.54) is 18.2 Å². The van der Waals surface area contributed by atoms with E-state index in [2.05, 4.69) is 9.97 Å². The van der Waals surface area contributed by atoms with Gasteiger partial charge in [0.05, 0.1) is 26.9 Å². The molecule has 3 aromatic rings. The summed E-state index contributed by atoms with van der Waals surface area (Å²) in [7, 11) is 0. The first-order chi connectivity index (χ1) is 14.0. The number of pyridine rings is 2. The van der Waals surface area contributed by atoms with Crippen LogP contribution in [-0.4, -0.2) is 32.1 Å². The number of aromatic nitrogens is 2. The Morgan fingerprint density at radius 1 is 0.774 bits per heavy atom. The minimum atomic E-state index is -1.24. The third-order valence-corrected chi connectivity index (χ3v) is 4.94. The summed E-state index contributed by atoms with van der Waals surface area (Å²) in [4.78, 5) is 28.6. The van der Waals surface area contributed by atoms with Gasteiger partial charge in [-0.15, -0.1) is 0 Å². The van der Waals surface area contributed by atoms with Crippen molar-refractivity contribution in [1.82, 2.24) is 9.97 Å². The van der Waals surface area contributed by atoms with Crippen molar-refractivity contribution in [3.8, 4) is 11.3 Å². The Morgan fingerprint density at radius 2 is 1.26 bits per heavy atom. The van der Waals surface area contributed by atoms with E-state index in [-0.39, 0.29) is 55.3 Å². The van der Waals surface area contributed by atoms with Gasteiger partial charge in [-0.05, 0) is 24.3 Å². The lowest BCUT2D eigenvalue weighted by molar-refractivity contribution is 0.0685. The monoisotopic (exact) mass is 526 g/mol. The molecular weight excluding hydrogens is 516 g/mol. The van der Waals surface area contributed by atoms with E-state index in [0.29, 0.717) is 0 Å². The molecule has 0 aliphatic carbocycles. The molecule has 2 N–H and O–H groups in total. The molecule has 2 heterocycles. The minimum absolute atomic E-state index is 0. The van der Waals surface area contributed by atoms with Crippen molar-refractivity contribution >= 4 is 69.9 Å². The summed E-state index contributed by atoms with van der Waals surface area (Å²) in [6.07, 6.45) is 0. The highest BCUT2D eigenvalue weighted by molar-refractivity contribution is 6.42. The molecule has 0 aliphatic rings.